The average Bonchev–Trinajstić information content (AvgIpc) is 2.28. The molecule has 0 aliphatic heterocycles. The van der Waals surface area contributed by atoms with Gasteiger partial charge in [0.15, 0.2) is 0 Å². The van der Waals surface area contributed by atoms with Gasteiger partial charge in [-0.15, -0.1) is 0 Å². The van der Waals surface area contributed by atoms with Crippen LogP contribution in [0.3, 0.4) is 0 Å². The van der Waals surface area contributed by atoms with Gasteiger partial charge >= 0.3 is 5.92 Å². The number of hydrogen-bond acceptors (Lipinski definition) is 2. The second-order valence-electron chi connectivity index (χ2n) is 4.39. The molecule has 1 saturated carbocycles. The molecule has 18 heavy (non-hydrogen) atoms. The van der Waals surface area contributed by atoms with E-state index in [0.29, 0.717) is 6.42 Å². The number of anilines is 1. The lowest BCUT2D eigenvalue weighted by Crippen LogP contribution is -2.59. The predicted molar refractivity (Wildman–Crippen MR) is 63.8 cm³/mol. The molecule has 0 atom stereocenters. The molecule has 1 aliphatic carbocycles. The number of benzene rings is 1. The number of para-hydroxylation sites is 1. The van der Waals surface area contributed by atoms with Crippen LogP contribution in [-0.4, -0.2) is 22.5 Å². The van der Waals surface area contributed by atoms with Crippen molar-refractivity contribution < 1.29 is 18.7 Å². The van der Waals surface area contributed by atoms with Gasteiger partial charge in [0.2, 0.25) is 0 Å². The second kappa shape index (κ2) is 4.48. The highest BCUT2D eigenvalue weighted by Crippen LogP contribution is 2.44. The largest absolute Gasteiger partial charge is 0.383 e. The third kappa shape index (κ3) is 2.08. The van der Waals surface area contributed by atoms with Crippen LogP contribution in [0.4, 0.5) is 14.5 Å². The fourth-order valence-corrected chi connectivity index (χ4v) is 1.98. The topological polar surface area (TPSA) is 49.3 Å². The zero-order valence-electron chi connectivity index (χ0n) is 9.42. The highest BCUT2D eigenvalue weighted by Gasteiger charge is 2.61. The van der Waals surface area contributed by atoms with Crippen LogP contribution in [0.2, 0.25) is 5.02 Å². The molecule has 2 N–H and O–H groups in total. The molecule has 98 valence electrons. The number of carbonyl (C=O) groups is 1. The van der Waals surface area contributed by atoms with E-state index in [2.05, 4.69) is 0 Å². The Kier molecular flexibility index (Phi) is 3.29. The first-order valence-corrected chi connectivity index (χ1v) is 5.91. The van der Waals surface area contributed by atoms with Crippen LogP contribution < -0.4 is 5.32 Å². The van der Waals surface area contributed by atoms with E-state index < -0.39 is 17.4 Å². The predicted octanol–water partition coefficient (Wildman–Crippen LogP) is 2.83. The van der Waals surface area contributed by atoms with Crippen LogP contribution in [0.25, 0.3) is 0 Å². The summed E-state index contributed by atoms with van der Waals surface area (Å²) in [7, 11) is 0. The van der Waals surface area contributed by atoms with Crippen LogP contribution in [0, 0.1) is 0 Å². The van der Waals surface area contributed by atoms with E-state index in [-0.39, 0.29) is 23.6 Å². The summed E-state index contributed by atoms with van der Waals surface area (Å²) in [4.78, 5) is 11.5. The lowest BCUT2D eigenvalue weighted by Gasteiger charge is -2.41. The van der Waals surface area contributed by atoms with Gasteiger partial charge in [-0.3, -0.25) is 4.79 Å². The number of amides is 1. The molecule has 6 heteroatoms. The number of aliphatic hydroxyl groups is 1. The van der Waals surface area contributed by atoms with Crippen molar-refractivity contribution in [2.24, 2.45) is 0 Å². The van der Waals surface area contributed by atoms with Gasteiger partial charge in [0, 0.05) is 0 Å². The monoisotopic (exact) mass is 275 g/mol. The van der Waals surface area contributed by atoms with Crippen molar-refractivity contribution in [1.82, 2.24) is 0 Å². The highest BCUT2D eigenvalue weighted by atomic mass is 35.5. The maximum Gasteiger partial charge on any atom is 0.352 e. The van der Waals surface area contributed by atoms with Crippen LogP contribution >= 0.6 is 11.6 Å². The summed E-state index contributed by atoms with van der Waals surface area (Å²) in [6.45, 7) is 0. The van der Waals surface area contributed by atoms with Crippen molar-refractivity contribution in [3.63, 3.8) is 0 Å². The Morgan fingerprint density at radius 2 is 2.00 bits per heavy atom. The van der Waals surface area contributed by atoms with Crippen molar-refractivity contribution in [3.8, 4) is 0 Å². The third-order valence-electron chi connectivity index (χ3n) is 3.17. The van der Waals surface area contributed by atoms with Crippen molar-refractivity contribution >= 4 is 23.2 Å². The Bertz CT molecular complexity index is 475. The van der Waals surface area contributed by atoms with Gasteiger partial charge in [-0.05, 0) is 31.4 Å². The molecule has 1 amide bonds. The molecular formula is C12H12ClF2NO2. The summed E-state index contributed by atoms with van der Waals surface area (Å²) in [5, 5.41) is 11.8. The van der Waals surface area contributed by atoms with Crippen molar-refractivity contribution in [3.05, 3.63) is 29.3 Å². The molecule has 0 aromatic heterocycles. The van der Waals surface area contributed by atoms with Gasteiger partial charge in [-0.2, -0.15) is 8.78 Å². The second-order valence-corrected chi connectivity index (χ2v) is 4.80. The first-order chi connectivity index (χ1) is 8.37. The van der Waals surface area contributed by atoms with Crippen LogP contribution in [0.15, 0.2) is 24.3 Å². The standard InChI is InChI=1S/C12H12ClF2NO2/c13-8-4-1-2-5-9(8)16-10(17)12(14,15)11(18)6-3-7-11/h1-2,4-5,18H,3,6-7H2,(H,16,17). The Morgan fingerprint density at radius 3 is 2.50 bits per heavy atom. The fraction of sp³-hybridized carbons (Fsp3) is 0.417. The first-order valence-electron chi connectivity index (χ1n) is 5.53. The molecule has 1 aliphatic rings. The van der Waals surface area contributed by atoms with Gasteiger partial charge in [0.25, 0.3) is 5.91 Å². The molecule has 0 saturated heterocycles. The number of rotatable bonds is 3. The molecule has 0 heterocycles. The molecule has 1 fully saturated rings. The summed E-state index contributed by atoms with van der Waals surface area (Å²) < 4.78 is 27.5. The lowest BCUT2D eigenvalue weighted by atomic mass is 9.75. The molecule has 0 bridgehead atoms. The highest BCUT2D eigenvalue weighted by molar-refractivity contribution is 6.33. The maximum absolute atomic E-state index is 13.8. The van der Waals surface area contributed by atoms with E-state index in [9.17, 15) is 18.7 Å². The minimum absolute atomic E-state index is 0.0735. The Hall–Kier alpha value is -1.20. The summed E-state index contributed by atoms with van der Waals surface area (Å²) in [5.74, 6) is -5.34. The number of carbonyl (C=O) groups excluding carboxylic acids is 1. The van der Waals surface area contributed by atoms with E-state index in [1.165, 1.54) is 12.1 Å². The van der Waals surface area contributed by atoms with Gasteiger partial charge in [0.05, 0.1) is 10.7 Å². The SMILES string of the molecule is O=C(Nc1ccccc1Cl)C(F)(F)C1(O)CCC1. The number of alkyl halides is 2. The Labute approximate surface area is 108 Å². The summed E-state index contributed by atoms with van der Waals surface area (Å²) >= 11 is 5.76. The summed E-state index contributed by atoms with van der Waals surface area (Å²) in [5.41, 5.74) is -2.12. The molecule has 0 unspecified atom stereocenters. The van der Waals surface area contributed by atoms with E-state index in [1.54, 1.807) is 12.1 Å². The molecule has 0 radical (unpaired) electrons. The van der Waals surface area contributed by atoms with Crippen molar-refractivity contribution in [2.45, 2.75) is 30.8 Å². The van der Waals surface area contributed by atoms with Gasteiger partial charge in [-0.1, -0.05) is 23.7 Å². The first kappa shape index (κ1) is 13.2. The van der Waals surface area contributed by atoms with Gasteiger partial charge in [0.1, 0.15) is 5.60 Å². The molecular weight excluding hydrogens is 264 g/mol. The Balaban J connectivity index is 2.15. The van der Waals surface area contributed by atoms with Gasteiger partial charge in [-0.25, -0.2) is 0 Å². The zero-order chi connectivity index (χ0) is 13.4. The van der Waals surface area contributed by atoms with Crippen LogP contribution in [0.1, 0.15) is 19.3 Å². The maximum atomic E-state index is 13.8. The van der Waals surface area contributed by atoms with E-state index in [1.807, 2.05) is 5.32 Å². The van der Waals surface area contributed by atoms with E-state index >= 15 is 0 Å². The normalized spacial score (nSPS) is 18.0. The van der Waals surface area contributed by atoms with E-state index in [4.69, 9.17) is 11.6 Å². The van der Waals surface area contributed by atoms with Crippen molar-refractivity contribution in [1.29, 1.82) is 0 Å². The van der Waals surface area contributed by atoms with Crippen LogP contribution in [0.5, 0.6) is 0 Å². The number of halogens is 3. The molecule has 0 spiro atoms. The minimum atomic E-state index is -3.82. The smallest absolute Gasteiger partial charge is 0.352 e. The lowest BCUT2D eigenvalue weighted by molar-refractivity contribution is -0.212. The quantitative estimate of drug-likeness (QED) is 0.891. The molecule has 1 aromatic rings. The van der Waals surface area contributed by atoms with Crippen LogP contribution in [-0.2, 0) is 4.79 Å². The number of nitrogens with one attached hydrogen (secondary N) is 1. The summed E-state index contributed by atoms with van der Waals surface area (Å²) in [6.07, 6.45) is 0.345. The summed E-state index contributed by atoms with van der Waals surface area (Å²) in [6, 6.07) is 6.09. The Morgan fingerprint density at radius 1 is 1.39 bits per heavy atom. The number of hydrogen-bond donors (Lipinski definition) is 2. The fourth-order valence-electron chi connectivity index (χ4n) is 1.80. The van der Waals surface area contributed by atoms with Gasteiger partial charge < -0.3 is 10.4 Å². The zero-order valence-corrected chi connectivity index (χ0v) is 10.2. The third-order valence-corrected chi connectivity index (χ3v) is 3.50. The van der Waals surface area contributed by atoms with Crippen molar-refractivity contribution in [2.75, 3.05) is 5.32 Å². The average molecular weight is 276 g/mol. The molecule has 1 aromatic carbocycles. The minimum Gasteiger partial charge on any atom is -0.383 e. The molecule has 2 rings (SSSR count). The van der Waals surface area contributed by atoms with E-state index in [0.717, 1.165) is 0 Å². The molecule has 3 nitrogen and oxygen atoms in total.